The summed E-state index contributed by atoms with van der Waals surface area (Å²) in [5, 5.41) is 9.24. The number of allylic oxidation sites excluding steroid dienone is 3. The van der Waals surface area contributed by atoms with Gasteiger partial charge in [-0.2, -0.15) is 0 Å². The Bertz CT molecular complexity index is 563. The minimum absolute atomic E-state index is 0.0775. The van der Waals surface area contributed by atoms with Crippen LogP contribution in [-0.2, 0) is 0 Å². The highest BCUT2D eigenvalue weighted by Gasteiger charge is 2.20. The lowest BCUT2D eigenvalue weighted by molar-refractivity contribution is 0.467. The van der Waals surface area contributed by atoms with Crippen LogP contribution < -0.4 is 0 Å². The third-order valence-corrected chi connectivity index (χ3v) is 3.55. The van der Waals surface area contributed by atoms with E-state index in [0.29, 0.717) is 12.1 Å². The molecule has 0 atom stereocenters. The predicted molar refractivity (Wildman–Crippen MR) is 74.6 cm³/mol. The molecule has 0 aromatic heterocycles. The van der Waals surface area contributed by atoms with Gasteiger partial charge in [0.2, 0.25) is 0 Å². The van der Waals surface area contributed by atoms with Crippen LogP contribution in [0.25, 0.3) is 5.70 Å². The number of phenolic OH excluding ortho intramolecular Hbond substituents is 1. The van der Waals surface area contributed by atoms with Crippen molar-refractivity contribution in [3.63, 3.8) is 0 Å². The third kappa shape index (κ3) is 2.20. The van der Waals surface area contributed by atoms with E-state index in [0.717, 1.165) is 21.9 Å². The molecule has 1 heterocycles. The van der Waals surface area contributed by atoms with Crippen LogP contribution in [0.5, 0.6) is 5.75 Å². The van der Waals surface area contributed by atoms with Gasteiger partial charge in [-0.15, -0.1) is 0 Å². The highest BCUT2D eigenvalue weighted by molar-refractivity contribution is 9.12. The molecule has 1 aliphatic heterocycles. The second-order valence-electron chi connectivity index (χ2n) is 3.92. The first-order valence-electron chi connectivity index (χ1n) is 5.57. The number of phenols is 1. The second-order valence-corrected chi connectivity index (χ2v) is 4.78. The number of aromatic hydroxyl groups is 1. The third-order valence-electron chi connectivity index (χ3n) is 2.82. The molecule has 1 aliphatic rings. The first-order chi connectivity index (χ1) is 8.54. The zero-order valence-corrected chi connectivity index (χ0v) is 11.5. The van der Waals surface area contributed by atoms with E-state index >= 15 is 0 Å². The first kappa shape index (κ1) is 12.9. The molecule has 0 saturated carbocycles. The van der Waals surface area contributed by atoms with Gasteiger partial charge in [0.15, 0.2) is 0 Å². The molecule has 1 N–H and O–H groups in total. The van der Waals surface area contributed by atoms with Crippen molar-refractivity contribution < 1.29 is 9.50 Å². The number of rotatable bonds is 2. The topological polar surface area (TPSA) is 23.5 Å². The molecule has 0 unspecified atom stereocenters. The number of benzene rings is 1. The molecule has 1 aromatic carbocycles. The maximum absolute atomic E-state index is 13.9. The number of likely N-dealkylation sites (N-methyl/N-ethyl adjacent to an activating group) is 1. The minimum atomic E-state index is -0.445. The zero-order valence-electron chi connectivity index (χ0n) is 9.95. The Balaban J connectivity index is 2.52. The number of hydrogen-bond donors (Lipinski definition) is 1. The second kappa shape index (κ2) is 4.98. The molecule has 0 aliphatic carbocycles. The summed E-state index contributed by atoms with van der Waals surface area (Å²) in [5.74, 6) is -0.523. The van der Waals surface area contributed by atoms with Crippen molar-refractivity contribution in [1.29, 1.82) is 0 Å². The fourth-order valence-corrected chi connectivity index (χ4v) is 2.27. The molecule has 2 nitrogen and oxygen atoms in total. The normalized spacial score (nSPS) is 15.5. The fraction of sp³-hybridized carbons (Fsp3) is 0.143. The Labute approximate surface area is 114 Å². The van der Waals surface area contributed by atoms with E-state index in [9.17, 15) is 9.50 Å². The molecule has 0 saturated heterocycles. The van der Waals surface area contributed by atoms with Gasteiger partial charge in [-0.25, -0.2) is 4.39 Å². The van der Waals surface area contributed by atoms with Gasteiger partial charge in [-0.05, 0) is 47.1 Å². The summed E-state index contributed by atoms with van der Waals surface area (Å²) >= 11 is 3.41. The summed E-state index contributed by atoms with van der Waals surface area (Å²) in [6, 6.07) is 4.16. The molecule has 1 aromatic rings. The van der Waals surface area contributed by atoms with Crippen molar-refractivity contribution in [1.82, 2.24) is 4.90 Å². The molecule has 2 rings (SSSR count). The fourth-order valence-electron chi connectivity index (χ4n) is 1.92. The minimum Gasteiger partial charge on any atom is -0.508 e. The molecule has 0 bridgehead atoms. The van der Waals surface area contributed by atoms with Crippen molar-refractivity contribution >= 4 is 21.6 Å². The van der Waals surface area contributed by atoms with E-state index in [1.54, 1.807) is 6.07 Å². The van der Waals surface area contributed by atoms with Crippen molar-refractivity contribution in [3.05, 3.63) is 58.5 Å². The van der Waals surface area contributed by atoms with Crippen LogP contribution in [-0.4, -0.2) is 16.6 Å². The van der Waals surface area contributed by atoms with E-state index in [1.165, 1.54) is 6.07 Å². The van der Waals surface area contributed by atoms with Gasteiger partial charge in [0.25, 0.3) is 0 Å². The van der Waals surface area contributed by atoms with Gasteiger partial charge in [-0.1, -0.05) is 6.58 Å². The Hall–Kier alpha value is -1.55. The van der Waals surface area contributed by atoms with Crippen LogP contribution in [0.3, 0.4) is 0 Å². The lowest BCUT2D eigenvalue weighted by atomic mass is 10.1. The molecule has 4 heteroatoms. The lowest BCUT2D eigenvalue weighted by Crippen LogP contribution is -2.23. The Morgan fingerprint density at radius 1 is 1.39 bits per heavy atom. The van der Waals surface area contributed by atoms with Crippen LogP contribution in [0.4, 0.5) is 4.39 Å². The van der Waals surface area contributed by atoms with Crippen molar-refractivity contribution in [3.8, 4) is 5.75 Å². The molecule has 0 fully saturated rings. The number of hydrogen-bond acceptors (Lipinski definition) is 2. The molecular formula is C14H13BrFNO. The van der Waals surface area contributed by atoms with Crippen LogP contribution in [0.1, 0.15) is 12.5 Å². The average molecular weight is 310 g/mol. The van der Waals surface area contributed by atoms with E-state index in [1.807, 2.05) is 24.0 Å². The zero-order chi connectivity index (χ0) is 13.3. The van der Waals surface area contributed by atoms with E-state index in [2.05, 4.69) is 22.5 Å². The van der Waals surface area contributed by atoms with Crippen molar-refractivity contribution in [2.75, 3.05) is 6.54 Å². The summed E-state index contributed by atoms with van der Waals surface area (Å²) in [7, 11) is 0. The molecule has 18 heavy (non-hydrogen) atoms. The van der Waals surface area contributed by atoms with Gasteiger partial charge in [0.05, 0.1) is 5.70 Å². The molecule has 94 valence electrons. The summed E-state index contributed by atoms with van der Waals surface area (Å²) in [6.45, 7) is 6.63. The summed E-state index contributed by atoms with van der Waals surface area (Å²) in [6.07, 6.45) is 3.67. The standard InChI is InChI=1S/C14H13BrFNO/c1-3-17-9(2)12(15)6-7-14(17)11-5-4-10(18)8-13(11)16/h4-8,18H,2-3H2,1H3. The molecule has 0 radical (unpaired) electrons. The number of halogens is 2. The van der Waals surface area contributed by atoms with E-state index in [-0.39, 0.29) is 5.75 Å². The number of nitrogens with zero attached hydrogens (tertiary/aromatic N) is 1. The highest BCUT2D eigenvalue weighted by atomic mass is 79.9. The van der Waals surface area contributed by atoms with Gasteiger partial charge < -0.3 is 10.0 Å². The Kier molecular flexibility index (Phi) is 3.57. The summed E-state index contributed by atoms with van der Waals surface area (Å²) in [5.41, 5.74) is 1.98. The van der Waals surface area contributed by atoms with Gasteiger partial charge in [-0.3, -0.25) is 0 Å². The van der Waals surface area contributed by atoms with Gasteiger partial charge in [0, 0.05) is 28.4 Å². The SMILES string of the molecule is C=C1C(Br)=CC=C(c2ccc(O)cc2F)N1CC. The van der Waals surface area contributed by atoms with E-state index < -0.39 is 5.82 Å². The highest BCUT2D eigenvalue weighted by Crippen LogP contribution is 2.34. The maximum Gasteiger partial charge on any atom is 0.136 e. The molecule has 0 spiro atoms. The van der Waals surface area contributed by atoms with Crippen molar-refractivity contribution in [2.24, 2.45) is 0 Å². The quantitative estimate of drug-likeness (QED) is 0.892. The Morgan fingerprint density at radius 3 is 2.72 bits per heavy atom. The average Bonchev–Trinajstić information content (AvgIpc) is 2.33. The largest absolute Gasteiger partial charge is 0.508 e. The summed E-state index contributed by atoms with van der Waals surface area (Å²) in [4.78, 5) is 1.92. The van der Waals surface area contributed by atoms with Crippen LogP contribution in [0.15, 0.2) is 47.1 Å². The smallest absolute Gasteiger partial charge is 0.136 e. The van der Waals surface area contributed by atoms with E-state index in [4.69, 9.17) is 0 Å². The van der Waals surface area contributed by atoms with Crippen LogP contribution >= 0.6 is 15.9 Å². The molecular weight excluding hydrogens is 297 g/mol. The van der Waals surface area contributed by atoms with Crippen molar-refractivity contribution in [2.45, 2.75) is 6.92 Å². The maximum atomic E-state index is 13.9. The van der Waals surface area contributed by atoms with Crippen LogP contribution in [0.2, 0.25) is 0 Å². The Morgan fingerprint density at radius 2 is 2.11 bits per heavy atom. The van der Waals surface area contributed by atoms with Crippen LogP contribution in [0, 0.1) is 5.82 Å². The van der Waals surface area contributed by atoms with Gasteiger partial charge in [0.1, 0.15) is 11.6 Å². The first-order valence-corrected chi connectivity index (χ1v) is 6.37. The molecule has 0 amide bonds. The van der Waals surface area contributed by atoms with Gasteiger partial charge >= 0.3 is 0 Å². The predicted octanol–water partition coefficient (Wildman–Crippen LogP) is 4.00. The summed E-state index contributed by atoms with van der Waals surface area (Å²) < 4.78 is 14.8. The lowest BCUT2D eigenvalue weighted by Gasteiger charge is -2.30. The monoisotopic (exact) mass is 309 g/mol.